The number of anilines is 1. The van der Waals surface area contributed by atoms with E-state index in [-0.39, 0.29) is 22.5 Å². The molecule has 35 heavy (non-hydrogen) atoms. The first-order valence-electron chi connectivity index (χ1n) is 10.8. The average Bonchev–Trinajstić information content (AvgIpc) is 3.17. The Labute approximate surface area is 197 Å². The van der Waals surface area contributed by atoms with Crippen molar-refractivity contribution in [2.75, 3.05) is 11.9 Å². The van der Waals surface area contributed by atoms with Crippen molar-refractivity contribution >= 4 is 23.0 Å². The number of aromatic nitrogens is 3. The quantitative estimate of drug-likeness (QED) is 0.495. The Morgan fingerprint density at radius 1 is 1.17 bits per heavy atom. The molecule has 0 radical (unpaired) electrons. The summed E-state index contributed by atoms with van der Waals surface area (Å²) in [5.74, 6) is -1.02. The molecule has 12 heteroatoms. The van der Waals surface area contributed by atoms with E-state index in [1.807, 2.05) is 11.4 Å². The Bertz CT molecular complexity index is 1390. The van der Waals surface area contributed by atoms with Crippen molar-refractivity contribution < 1.29 is 22.8 Å². The van der Waals surface area contributed by atoms with E-state index in [9.17, 15) is 22.8 Å². The van der Waals surface area contributed by atoms with Gasteiger partial charge in [0.05, 0.1) is 39.9 Å². The number of amides is 2. The molecule has 3 saturated carbocycles. The summed E-state index contributed by atoms with van der Waals surface area (Å²) in [6, 6.07) is 8.82. The lowest BCUT2D eigenvalue weighted by Gasteiger charge is -2.70. The molecule has 0 saturated heterocycles. The fourth-order valence-electron chi connectivity index (χ4n) is 5.12. The average molecular weight is 483 g/mol. The molecule has 180 valence electrons. The Hall–Kier alpha value is -4.14. The highest BCUT2D eigenvalue weighted by Gasteiger charge is 2.68. The van der Waals surface area contributed by atoms with Gasteiger partial charge in [-0.25, -0.2) is 4.52 Å². The van der Waals surface area contributed by atoms with Crippen molar-refractivity contribution in [2.45, 2.75) is 43.4 Å². The smallest absolute Gasteiger partial charge is 0.379 e. The number of halogens is 3. The van der Waals surface area contributed by atoms with Gasteiger partial charge in [-0.15, -0.1) is 0 Å². The maximum absolute atomic E-state index is 12.7. The van der Waals surface area contributed by atoms with Gasteiger partial charge in [0.25, 0.3) is 5.91 Å². The van der Waals surface area contributed by atoms with Crippen LogP contribution in [0.3, 0.4) is 0 Å². The van der Waals surface area contributed by atoms with Crippen LogP contribution in [0, 0.1) is 11.3 Å². The molecule has 0 atom stereocenters. The van der Waals surface area contributed by atoms with Crippen LogP contribution in [-0.2, 0) is 4.79 Å². The monoisotopic (exact) mass is 483 g/mol. The molecule has 6 rings (SSSR count). The van der Waals surface area contributed by atoms with Crippen molar-refractivity contribution in [3.8, 4) is 17.5 Å². The van der Waals surface area contributed by atoms with Gasteiger partial charge in [0, 0.05) is 24.2 Å². The van der Waals surface area contributed by atoms with Crippen LogP contribution in [-0.4, -0.2) is 50.2 Å². The van der Waals surface area contributed by atoms with Crippen LogP contribution >= 0.6 is 0 Å². The number of alkyl halides is 3. The third kappa shape index (κ3) is 4.14. The minimum Gasteiger partial charge on any atom is -0.379 e. The van der Waals surface area contributed by atoms with E-state index < -0.39 is 18.6 Å². The lowest BCUT2D eigenvalue weighted by atomic mass is 9.44. The number of hydrogen-bond donors (Lipinski definition) is 3. The van der Waals surface area contributed by atoms with Crippen LogP contribution in [0.2, 0.25) is 0 Å². The predicted octanol–water partition coefficient (Wildman–Crippen LogP) is 2.78. The summed E-state index contributed by atoms with van der Waals surface area (Å²) >= 11 is 0. The summed E-state index contributed by atoms with van der Waals surface area (Å²) < 4.78 is 39.6. The van der Waals surface area contributed by atoms with Crippen LogP contribution in [0.25, 0.3) is 16.9 Å². The van der Waals surface area contributed by atoms with Gasteiger partial charge in [-0.3, -0.25) is 14.6 Å². The largest absolute Gasteiger partial charge is 0.405 e. The molecule has 0 spiro atoms. The second kappa shape index (κ2) is 7.69. The van der Waals surface area contributed by atoms with E-state index in [0.29, 0.717) is 47.4 Å². The highest BCUT2D eigenvalue weighted by Crippen LogP contribution is 2.62. The maximum Gasteiger partial charge on any atom is 0.405 e. The fraction of sp³-hybridized carbons (Fsp3) is 0.348. The SMILES string of the molecule is CC(=O)NC12CC(Nc3cc(-c4ccc5cc(C#N)cnn45)ncc3C(=O)NCC(F)(F)F)(C1)C2. The maximum atomic E-state index is 12.7. The van der Waals surface area contributed by atoms with E-state index in [1.54, 1.807) is 28.8 Å². The molecule has 3 aromatic heterocycles. The molecule has 3 fully saturated rings. The molecule has 3 N–H and O–H groups in total. The highest BCUT2D eigenvalue weighted by atomic mass is 19.4. The molecule has 0 aromatic carbocycles. The minimum absolute atomic E-state index is 0.0168. The van der Waals surface area contributed by atoms with Gasteiger partial charge in [0.2, 0.25) is 5.91 Å². The summed E-state index contributed by atoms with van der Waals surface area (Å²) in [6.45, 7) is -0.00745. The Morgan fingerprint density at radius 3 is 2.57 bits per heavy atom. The zero-order valence-electron chi connectivity index (χ0n) is 18.5. The van der Waals surface area contributed by atoms with Crippen LogP contribution in [0.15, 0.2) is 36.7 Å². The van der Waals surface area contributed by atoms with E-state index in [2.05, 4.69) is 20.7 Å². The first-order valence-corrected chi connectivity index (χ1v) is 10.8. The highest BCUT2D eigenvalue weighted by molar-refractivity contribution is 6.00. The van der Waals surface area contributed by atoms with Gasteiger partial charge in [-0.05, 0) is 43.5 Å². The fourth-order valence-corrected chi connectivity index (χ4v) is 5.12. The first kappa shape index (κ1) is 22.6. The predicted molar refractivity (Wildman–Crippen MR) is 118 cm³/mol. The van der Waals surface area contributed by atoms with Gasteiger partial charge in [0.1, 0.15) is 12.6 Å². The Morgan fingerprint density at radius 2 is 1.91 bits per heavy atom. The van der Waals surface area contributed by atoms with Crippen molar-refractivity contribution in [1.82, 2.24) is 25.2 Å². The zero-order valence-corrected chi connectivity index (χ0v) is 18.5. The third-order valence-electron chi connectivity index (χ3n) is 6.36. The van der Waals surface area contributed by atoms with Gasteiger partial charge >= 0.3 is 6.18 Å². The van der Waals surface area contributed by atoms with Gasteiger partial charge in [0.15, 0.2) is 0 Å². The van der Waals surface area contributed by atoms with Gasteiger partial charge < -0.3 is 16.0 Å². The van der Waals surface area contributed by atoms with Crippen LogP contribution < -0.4 is 16.0 Å². The normalized spacial score (nSPS) is 22.5. The zero-order chi connectivity index (χ0) is 25.0. The van der Waals surface area contributed by atoms with Crippen molar-refractivity contribution in [1.29, 1.82) is 5.26 Å². The number of carbonyl (C=O) groups excluding carboxylic acids is 2. The molecule has 0 aliphatic heterocycles. The number of nitrogens with one attached hydrogen (secondary N) is 3. The van der Waals surface area contributed by atoms with Crippen molar-refractivity contribution in [3.05, 3.63) is 47.8 Å². The van der Waals surface area contributed by atoms with Gasteiger partial charge in [-0.2, -0.15) is 23.5 Å². The first-order chi connectivity index (χ1) is 16.5. The summed E-state index contributed by atoms with van der Waals surface area (Å²) in [7, 11) is 0. The number of rotatable bonds is 6. The molecule has 3 aromatic rings. The summed E-state index contributed by atoms with van der Waals surface area (Å²) in [4.78, 5) is 28.4. The molecular formula is C23H20F3N7O2. The number of hydrogen-bond acceptors (Lipinski definition) is 6. The molecule has 2 bridgehead atoms. The van der Waals surface area contributed by atoms with Crippen LogP contribution in [0.5, 0.6) is 0 Å². The number of nitrogens with zero attached hydrogens (tertiary/aromatic N) is 4. The minimum atomic E-state index is -4.55. The van der Waals surface area contributed by atoms with Crippen LogP contribution in [0.1, 0.15) is 42.1 Å². The lowest BCUT2D eigenvalue weighted by molar-refractivity contribution is -0.131. The van der Waals surface area contributed by atoms with E-state index in [0.717, 1.165) is 0 Å². The molecule has 9 nitrogen and oxygen atoms in total. The Kier molecular flexibility index (Phi) is 4.98. The summed E-state index contributed by atoms with van der Waals surface area (Å²) in [6.07, 6.45) is 0.0432. The van der Waals surface area contributed by atoms with E-state index in [4.69, 9.17) is 5.26 Å². The standard InChI is InChI=1S/C23H20F3N7O2/c1-13(34)31-21-9-22(10-21,11-21)32-17-5-18(28-8-16(17)20(35)29-12-23(24,25)26)19-3-2-15-4-14(6-27)7-30-33(15)19/h2-5,7-8H,9-12H2,1H3,(H,28,32)(H,29,35)(H,31,34). The molecule has 3 aliphatic carbocycles. The topological polar surface area (TPSA) is 124 Å². The molecule has 3 heterocycles. The van der Waals surface area contributed by atoms with Crippen molar-refractivity contribution in [3.63, 3.8) is 0 Å². The second-order valence-electron chi connectivity index (χ2n) is 9.22. The van der Waals surface area contributed by atoms with E-state index in [1.165, 1.54) is 19.3 Å². The molecular weight excluding hydrogens is 463 g/mol. The number of pyridine rings is 1. The lowest BCUT2D eigenvalue weighted by Crippen LogP contribution is -2.81. The number of fused-ring (bicyclic) bond motifs is 1. The third-order valence-corrected chi connectivity index (χ3v) is 6.36. The number of nitriles is 1. The van der Waals surface area contributed by atoms with Crippen molar-refractivity contribution in [2.24, 2.45) is 0 Å². The second-order valence-corrected chi connectivity index (χ2v) is 9.22. The molecule has 2 amide bonds. The van der Waals surface area contributed by atoms with Crippen LogP contribution in [0.4, 0.5) is 18.9 Å². The summed E-state index contributed by atoms with van der Waals surface area (Å²) in [5.41, 5.74) is 1.79. The Balaban J connectivity index is 1.47. The summed E-state index contributed by atoms with van der Waals surface area (Å²) in [5, 5.41) is 21.5. The molecule has 0 unspecified atom stereocenters. The number of carbonyl (C=O) groups is 2. The van der Waals surface area contributed by atoms with E-state index >= 15 is 0 Å². The molecule has 3 aliphatic rings. The van der Waals surface area contributed by atoms with Gasteiger partial charge in [-0.1, -0.05) is 0 Å².